The molecular weight excluding hydrogens is 223 g/mol. The minimum atomic E-state index is -0.391. The summed E-state index contributed by atoms with van der Waals surface area (Å²) in [7, 11) is 0. The van der Waals surface area contributed by atoms with E-state index in [2.05, 4.69) is 5.32 Å². The van der Waals surface area contributed by atoms with Gasteiger partial charge in [0.25, 0.3) is 0 Å². The number of fused-ring (bicyclic) bond motifs is 1. The lowest BCUT2D eigenvalue weighted by Crippen LogP contribution is -2.32. The second-order valence-corrected chi connectivity index (χ2v) is 4.33. The smallest absolute Gasteiger partial charge is 0.408 e. The summed E-state index contributed by atoms with van der Waals surface area (Å²) in [6.45, 7) is 1.75. The van der Waals surface area contributed by atoms with Crippen LogP contribution in [0.3, 0.4) is 0 Å². The molecule has 0 atom stereocenters. The molecule has 0 unspecified atom stereocenters. The lowest BCUT2D eigenvalue weighted by atomic mass is 10.1. The minimum absolute atomic E-state index is 0.104. The molecule has 3 rings (SSSR count). The zero-order valence-corrected chi connectivity index (χ0v) is 9.28. The van der Waals surface area contributed by atoms with Crippen LogP contribution in [0.25, 0.3) is 11.1 Å². The summed E-state index contributed by atoms with van der Waals surface area (Å²) in [5.41, 5.74) is 1.01. The Balaban J connectivity index is 2.16. The molecule has 90 valence electrons. The lowest BCUT2D eigenvalue weighted by molar-refractivity contribution is 0.349. The van der Waals surface area contributed by atoms with Crippen LogP contribution in [0.5, 0.6) is 0 Å². The van der Waals surface area contributed by atoms with Crippen LogP contribution < -0.4 is 11.1 Å². The quantitative estimate of drug-likeness (QED) is 0.819. The molecule has 0 bridgehead atoms. The second-order valence-electron chi connectivity index (χ2n) is 4.33. The molecule has 0 spiro atoms. The van der Waals surface area contributed by atoms with Gasteiger partial charge in [-0.1, -0.05) is 0 Å². The van der Waals surface area contributed by atoms with Crippen LogP contribution in [-0.2, 0) is 0 Å². The third-order valence-electron chi connectivity index (χ3n) is 3.25. The normalized spacial score (nSPS) is 17.7. The monoisotopic (exact) mass is 236 g/mol. The van der Waals surface area contributed by atoms with E-state index in [1.54, 1.807) is 4.57 Å². The van der Waals surface area contributed by atoms with E-state index >= 15 is 0 Å². The fraction of sp³-hybridized carbons (Fsp3) is 0.417. The van der Waals surface area contributed by atoms with Gasteiger partial charge in [-0.15, -0.1) is 0 Å². The molecule has 0 aliphatic carbocycles. The van der Waals surface area contributed by atoms with Crippen molar-refractivity contribution < 1.29 is 8.81 Å². The van der Waals surface area contributed by atoms with E-state index in [1.165, 1.54) is 18.2 Å². The fourth-order valence-corrected chi connectivity index (χ4v) is 2.42. The van der Waals surface area contributed by atoms with E-state index in [-0.39, 0.29) is 11.9 Å². The van der Waals surface area contributed by atoms with E-state index < -0.39 is 5.76 Å². The van der Waals surface area contributed by atoms with E-state index in [4.69, 9.17) is 4.42 Å². The van der Waals surface area contributed by atoms with Crippen molar-refractivity contribution in [2.24, 2.45) is 0 Å². The van der Waals surface area contributed by atoms with Crippen molar-refractivity contribution in [3.05, 3.63) is 34.6 Å². The fourth-order valence-electron chi connectivity index (χ4n) is 2.42. The average molecular weight is 236 g/mol. The number of rotatable bonds is 1. The van der Waals surface area contributed by atoms with Crippen molar-refractivity contribution in [1.82, 2.24) is 9.88 Å². The van der Waals surface area contributed by atoms with Crippen LogP contribution in [-0.4, -0.2) is 17.7 Å². The van der Waals surface area contributed by atoms with Crippen molar-refractivity contribution >= 4 is 11.1 Å². The molecule has 2 aromatic rings. The molecule has 1 saturated heterocycles. The van der Waals surface area contributed by atoms with Gasteiger partial charge in [0, 0.05) is 12.1 Å². The van der Waals surface area contributed by atoms with Gasteiger partial charge in [0.1, 0.15) is 5.82 Å². The lowest BCUT2D eigenvalue weighted by Gasteiger charge is -2.23. The number of hydrogen-bond donors (Lipinski definition) is 1. The van der Waals surface area contributed by atoms with Crippen LogP contribution in [0, 0.1) is 5.82 Å². The molecule has 4 nitrogen and oxygen atoms in total. The molecule has 0 saturated carbocycles. The molecule has 1 N–H and O–H groups in total. The molecule has 0 amide bonds. The van der Waals surface area contributed by atoms with E-state index in [0.717, 1.165) is 25.9 Å². The number of nitrogens with one attached hydrogen (secondary N) is 1. The predicted octanol–water partition coefficient (Wildman–Crippen LogP) is 1.66. The van der Waals surface area contributed by atoms with Gasteiger partial charge in [-0.05, 0) is 38.1 Å². The van der Waals surface area contributed by atoms with Crippen molar-refractivity contribution in [2.75, 3.05) is 13.1 Å². The molecular formula is C12H13FN2O2. The molecule has 1 aromatic heterocycles. The van der Waals surface area contributed by atoms with Crippen LogP contribution in [0.1, 0.15) is 18.9 Å². The Labute approximate surface area is 97.0 Å². The predicted molar refractivity (Wildman–Crippen MR) is 61.6 cm³/mol. The Morgan fingerprint density at radius 1 is 1.35 bits per heavy atom. The highest BCUT2D eigenvalue weighted by Gasteiger charge is 2.20. The van der Waals surface area contributed by atoms with Crippen molar-refractivity contribution in [1.29, 1.82) is 0 Å². The van der Waals surface area contributed by atoms with Gasteiger partial charge in [0.15, 0.2) is 5.58 Å². The maximum Gasteiger partial charge on any atom is 0.420 e. The second kappa shape index (κ2) is 4.00. The maximum absolute atomic E-state index is 13.2. The van der Waals surface area contributed by atoms with E-state index in [0.29, 0.717) is 11.1 Å². The number of hydrogen-bond acceptors (Lipinski definition) is 3. The number of nitrogens with zero attached hydrogens (tertiary/aromatic N) is 1. The Morgan fingerprint density at radius 3 is 2.88 bits per heavy atom. The van der Waals surface area contributed by atoms with Crippen molar-refractivity contribution in [2.45, 2.75) is 18.9 Å². The summed E-state index contributed by atoms with van der Waals surface area (Å²) in [5.74, 6) is -0.738. The molecule has 0 radical (unpaired) electrons. The summed E-state index contributed by atoms with van der Waals surface area (Å²) in [6.07, 6.45) is 1.73. The molecule has 2 heterocycles. The molecule has 1 aliphatic heterocycles. The highest BCUT2D eigenvalue weighted by molar-refractivity contribution is 5.72. The first-order valence-electron chi connectivity index (χ1n) is 5.77. The first-order chi connectivity index (χ1) is 8.25. The van der Waals surface area contributed by atoms with Crippen LogP contribution in [0.4, 0.5) is 4.39 Å². The topological polar surface area (TPSA) is 47.2 Å². The van der Waals surface area contributed by atoms with Gasteiger partial charge >= 0.3 is 5.76 Å². The minimum Gasteiger partial charge on any atom is -0.408 e. The first-order valence-corrected chi connectivity index (χ1v) is 5.77. The molecule has 1 fully saturated rings. The highest BCUT2D eigenvalue weighted by Crippen LogP contribution is 2.23. The average Bonchev–Trinajstić information content (AvgIpc) is 2.65. The standard InChI is InChI=1S/C12H13FN2O2/c13-8-1-2-11-10(7-8)15(12(16)17-11)9-3-5-14-6-4-9/h1-2,7,9,14H,3-6H2. The van der Waals surface area contributed by atoms with Gasteiger partial charge in [-0.3, -0.25) is 4.57 Å². The summed E-state index contributed by atoms with van der Waals surface area (Å²) in [5, 5.41) is 3.24. The van der Waals surface area contributed by atoms with Crippen LogP contribution >= 0.6 is 0 Å². The van der Waals surface area contributed by atoms with E-state index in [1.807, 2.05) is 0 Å². The van der Waals surface area contributed by atoms with Crippen LogP contribution in [0.15, 0.2) is 27.4 Å². The zero-order chi connectivity index (χ0) is 11.8. The largest absolute Gasteiger partial charge is 0.420 e. The molecule has 1 aliphatic rings. The third kappa shape index (κ3) is 1.76. The third-order valence-corrected chi connectivity index (χ3v) is 3.25. The van der Waals surface area contributed by atoms with Gasteiger partial charge in [0.05, 0.1) is 5.52 Å². The zero-order valence-electron chi connectivity index (χ0n) is 9.28. The van der Waals surface area contributed by atoms with Crippen molar-refractivity contribution in [3.63, 3.8) is 0 Å². The Bertz CT molecular complexity index is 596. The van der Waals surface area contributed by atoms with Crippen LogP contribution in [0.2, 0.25) is 0 Å². The summed E-state index contributed by atoms with van der Waals surface area (Å²) < 4.78 is 19.9. The van der Waals surface area contributed by atoms with Gasteiger partial charge < -0.3 is 9.73 Å². The number of benzene rings is 1. The summed E-state index contributed by atoms with van der Waals surface area (Å²) in [6, 6.07) is 4.27. The molecule has 1 aromatic carbocycles. The number of oxazole rings is 1. The van der Waals surface area contributed by atoms with Gasteiger partial charge in [-0.25, -0.2) is 9.18 Å². The summed E-state index contributed by atoms with van der Waals surface area (Å²) >= 11 is 0. The van der Waals surface area contributed by atoms with E-state index in [9.17, 15) is 9.18 Å². The van der Waals surface area contributed by atoms with Gasteiger partial charge in [0.2, 0.25) is 0 Å². The number of halogens is 1. The van der Waals surface area contributed by atoms with Crippen molar-refractivity contribution in [3.8, 4) is 0 Å². The SMILES string of the molecule is O=c1oc2ccc(F)cc2n1C1CCNCC1. The Kier molecular flexibility index (Phi) is 2.48. The maximum atomic E-state index is 13.2. The molecule has 5 heteroatoms. The number of aromatic nitrogens is 1. The summed E-state index contributed by atoms with van der Waals surface area (Å²) in [4.78, 5) is 11.8. The highest BCUT2D eigenvalue weighted by atomic mass is 19.1. The van der Waals surface area contributed by atoms with Gasteiger partial charge in [-0.2, -0.15) is 0 Å². The Hall–Kier alpha value is -1.62. The number of piperidine rings is 1. The Morgan fingerprint density at radius 2 is 2.12 bits per heavy atom. The first kappa shape index (κ1) is 10.5. The molecule has 17 heavy (non-hydrogen) atoms.